The van der Waals surface area contributed by atoms with Crippen molar-refractivity contribution < 1.29 is 14.6 Å². The molecule has 0 amide bonds. The Morgan fingerprint density at radius 1 is 1.35 bits per heavy atom. The first-order chi connectivity index (χ1) is 8.14. The third-order valence-corrected chi connectivity index (χ3v) is 3.07. The molecule has 1 saturated carbocycles. The van der Waals surface area contributed by atoms with E-state index in [4.69, 9.17) is 4.74 Å². The maximum absolute atomic E-state index is 11.2. The summed E-state index contributed by atoms with van der Waals surface area (Å²) in [6, 6.07) is 0.312. The minimum atomic E-state index is -0.960. The van der Waals surface area contributed by atoms with Crippen LogP contribution in [0.1, 0.15) is 38.2 Å². The van der Waals surface area contributed by atoms with Crippen LogP contribution in [0.15, 0.2) is 12.4 Å². The molecular formula is C12H16N2O3. The molecule has 1 aromatic rings. The van der Waals surface area contributed by atoms with Crippen molar-refractivity contribution in [3.05, 3.63) is 18.0 Å². The topological polar surface area (TPSA) is 72.3 Å². The largest absolute Gasteiger partial charge is 0.464 e. The van der Waals surface area contributed by atoms with Crippen LogP contribution in [0.5, 0.6) is 6.01 Å². The van der Waals surface area contributed by atoms with Gasteiger partial charge in [0.25, 0.3) is 0 Å². The average Bonchev–Trinajstić information content (AvgIpc) is 2.35. The van der Waals surface area contributed by atoms with E-state index in [9.17, 15) is 9.90 Å². The molecule has 0 spiro atoms. The first-order valence-corrected chi connectivity index (χ1v) is 5.83. The van der Waals surface area contributed by atoms with Crippen LogP contribution in [0.25, 0.3) is 0 Å². The SMILES string of the molecule is CCOc1ncc(C2(O)CCC(=O)CC2)cn1. The zero-order valence-electron chi connectivity index (χ0n) is 9.85. The van der Waals surface area contributed by atoms with Gasteiger partial charge in [-0.05, 0) is 19.8 Å². The molecule has 1 aliphatic rings. The Bertz CT molecular complexity index is 393. The summed E-state index contributed by atoms with van der Waals surface area (Å²) >= 11 is 0. The molecule has 1 aromatic heterocycles. The van der Waals surface area contributed by atoms with E-state index in [1.807, 2.05) is 6.92 Å². The van der Waals surface area contributed by atoms with E-state index in [1.165, 1.54) is 0 Å². The molecule has 92 valence electrons. The number of aromatic nitrogens is 2. The minimum absolute atomic E-state index is 0.210. The Kier molecular flexibility index (Phi) is 3.38. The molecule has 5 heteroatoms. The molecule has 0 unspecified atom stereocenters. The van der Waals surface area contributed by atoms with E-state index in [-0.39, 0.29) is 5.78 Å². The Morgan fingerprint density at radius 3 is 2.47 bits per heavy atom. The Hall–Kier alpha value is -1.49. The molecular weight excluding hydrogens is 220 g/mol. The second-order valence-electron chi connectivity index (χ2n) is 4.26. The lowest BCUT2D eigenvalue weighted by molar-refractivity contribution is -0.125. The van der Waals surface area contributed by atoms with Crippen molar-refractivity contribution in [1.29, 1.82) is 0 Å². The summed E-state index contributed by atoms with van der Waals surface area (Å²) < 4.78 is 5.14. The smallest absolute Gasteiger partial charge is 0.316 e. The van der Waals surface area contributed by atoms with Gasteiger partial charge in [-0.1, -0.05) is 0 Å². The van der Waals surface area contributed by atoms with Gasteiger partial charge in [-0.2, -0.15) is 0 Å². The molecule has 0 atom stereocenters. The van der Waals surface area contributed by atoms with Gasteiger partial charge in [0.2, 0.25) is 0 Å². The van der Waals surface area contributed by atoms with Crippen LogP contribution < -0.4 is 4.74 Å². The fraction of sp³-hybridized carbons (Fsp3) is 0.583. The summed E-state index contributed by atoms with van der Waals surface area (Å²) in [5, 5.41) is 10.4. The minimum Gasteiger partial charge on any atom is -0.464 e. The highest BCUT2D eigenvalue weighted by atomic mass is 16.5. The third-order valence-electron chi connectivity index (χ3n) is 3.07. The van der Waals surface area contributed by atoms with Gasteiger partial charge in [-0.3, -0.25) is 4.79 Å². The standard InChI is InChI=1S/C12H16N2O3/c1-2-17-11-13-7-9(8-14-11)12(16)5-3-10(15)4-6-12/h7-8,16H,2-6H2,1H3. The molecule has 0 saturated heterocycles. The van der Waals surface area contributed by atoms with E-state index >= 15 is 0 Å². The van der Waals surface area contributed by atoms with Gasteiger partial charge in [0.1, 0.15) is 5.78 Å². The summed E-state index contributed by atoms with van der Waals surface area (Å²) in [6.07, 6.45) is 4.89. The molecule has 17 heavy (non-hydrogen) atoms. The molecule has 1 heterocycles. The zero-order chi connectivity index (χ0) is 12.3. The summed E-state index contributed by atoms with van der Waals surface area (Å²) in [6.45, 7) is 2.37. The van der Waals surface area contributed by atoms with Crippen LogP contribution in [-0.2, 0) is 10.4 Å². The number of Topliss-reactive ketones (excluding diaryl/α,β-unsaturated/α-hetero) is 1. The number of rotatable bonds is 3. The van der Waals surface area contributed by atoms with Gasteiger partial charge in [0, 0.05) is 30.8 Å². The second-order valence-corrected chi connectivity index (χ2v) is 4.26. The number of aliphatic hydroxyl groups is 1. The summed E-state index contributed by atoms with van der Waals surface area (Å²) in [5.41, 5.74) is -0.299. The normalized spacial score (nSPS) is 19.1. The molecule has 1 fully saturated rings. The first kappa shape index (κ1) is 12.0. The lowest BCUT2D eigenvalue weighted by Gasteiger charge is -2.31. The third kappa shape index (κ3) is 2.61. The number of nitrogens with zero attached hydrogens (tertiary/aromatic N) is 2. The average molecular weight is 236 g/mol. The van der Waals surface area contributed by atoms with Crippen LogP contribution in [0.3, 0.4) is 0 Å². The van der Waals surface area contributed by atoms with Gasteiger partial charge >= 0.3 is 6.01 Å². The Balaban J connectivity index is 2.13. The molecule has 0 aromatic carbocycles. The van der Waals surface area contributed by atoms with Crippen molar-refractivity contribution in [3.8, 4) is 6.01 Å². The Morgan fingerprint density at radius 2 is 1.94 bits per heavy atom. The van der Waals surface area contributed by atoms with Gasteiger partial charge in [-0.25, -0.2) is 9.97 Å². The maximum atomic E-state index is 11.2. The molecule has 0 aliphatic heterocycles. The van der Waals surface area contributed by atoms with E-state index in [2.05, 4.69) is 9.97 Å². The van der Waals surface area contributed by atoms with Crippen molar-refractivity contribution in [2.24, 2.45) is 0 Å². The molecule has 1 N–H and O–H groups in total. The summed E-state index contributed by atoms with van der Waals surface area (Å²) in [7, 11) is 0. The predicted octanol–water partition coefficient (Wildman–Crippen LogP) is 1.21. The van der Waals surface area contributed by atoms with Gasteiger partial charge < -0.3 is 9.84 Å². The summed E-state index contributed by atoms with van der Waals surface area (Å²) in [4.78, 5) is 19.2. The van der Waals surface area contributed by atoms with Crippen LogP contribution in [0.2, 0.25) is 0 Å². The van der Waals surface area contributed by atoms with E-state index in [1.54, 1.807) is 12.4 Å². The van der Waals surface area contributed by atoms with Gasteiger partial charge in [0.05, 0.1) is 12.2 Å². The Labute approximate surface area is 99.9 Å². The van der Waals surface area contributed by atoms with Crippen molar-refractivity contribution in [3.63, 3.8) is 0 Å². The number of carbonyl (C=O) groups excluding carboxylic acids is 1. The predicted molar refractivity (Wildman–Crippen MR) is 60.6 cm³/mol. The molecule has 5 nitrogen and oxygen atoms in total. The maximum Gasteiger partial charge on any atom is 0.316 e. The second kappa shape index (κ2) is 4.79. The highest BCUT2D eigenvalue weighted by Crippen LogP contribution is 2.35. The monoisotopic (exact) mass is 236 g/mol. The van der Waals surface area contributed by atoms with Gasteiger partial charge in [0.15, 0.2) is 0 Å². The van der Waals surface area contributed by atoms with Crippen LogP contribution in [0, 0.1) is 0 Å². The summed E-state index contributed by atoms with van der Waals surface area (Å²) in [5.74, 6) is 0.210. The lowest BCUT2D eigenvalue weighted by atomic mass is 9.80. The van der Waals surface area contributed by atoms with E-state index < -0.39 is 5.60 Å². The van der Waals surface area contributed by atoms with Crippen molar-refractivity contribution in [1.82, 2.24) is 9.97 Å². The molecule has 0 radical (unpaired) electrons. The van der Waals surface area contributed by atoms with Gasteiger partial charge in [-0.15, -0.1) is 0 Å². The molecule has 1 aliphatic carbocycles. The lowest BCUT2D eigenvalue weighted by Crippen LogP contribution is -2.31. The van der Waals surface area contributed by atoms with E-state index in [0.717, 1.165) is 0 Å². The van der Waals surface area contributed by atoms with Crippen LogP contribution >= 0.6 is 0 Å². The van der Waals surface area contributed by atoms with Crippen molar-refractivity contribution in [2.75, 3.05) is 6.61 Å². The number of ether oxygens (including phenoxy) is 1. The first-order valence-electron chi connectivity index (χ1n) is 5.83. The number of hydrogen-bond acceptors (Lipinski definition) is 5. The highest BCUT2D eigenvalue weighted by molar-refractivity contribution is 5.79. The quantitative estimate of drug-likeness (QED) is 0.853. The van der Waals surface area contributed by atoms with Crippen LogP contribution in [0.4, 0.5) is 0 Å². The molecule has 2 rings (SSSR count). The number of hydrogen-bond donors (Lipinski definition) is 1. The highest BCUT2D eigenvalue weighted by Gasteiger charge is 2.34. The number of ketones is 1. The van der Waals surface area contributed by atoms with Crippen LogP contribution in [-0.4, -0.2) is 27.5 Å². The van der Waals surface area contributed by atoms with E-state index in [0.29, 0.717) is 43.9 Å². The van der Waals surface area contributed by atoms with Crippen molar-refractivity contribution >= 4 is 5.78 Å². The number of carbonyl (C=O) groups is 1. The fourth-order valence-electron chi connectivity index (χ4n) is 1.99. The van der Waals surface area contributed by atoms with Crippen molar-refractivity contribution in [2.45, 2.75) is 38.2 Å². The fourth-order valence-corrected chi connectivity index (χ4v) is 1.99. The molecule has 0 bridgehead atoms. The zero-order valence-corrected chi connectivity index (χ0v) is 9.85.